The van der Waals surface area contributed by atoms with Crippen LogP contribution in [0.3, 0.4) is 0 Å². The normalized spacial score (nSPS) is 10.8. The highest BCUT2D eigenvalue weighted by molar-refractivity contribution is 5.48. The first-order chi connectivity index (χ1) is 10.2. The Morgan fingerprint density at radius 3 is 2.62 bits per heavy atom. The van der Waals surface area contributed by atoms with Gasteiger partial charge in [0.2, 0.25) is 0 Å². The van der Waals surface area contributed by atoms with Crippen LogP contribution < -0.4 is 10.2 Å². The van der Waals surface area contributed by atoms with Gasteiger partial charge in [0.25, 0.3) is 0 Å². The van der Waals surface area contributed by atoms with Gasteiger partial charge in [-0.1, -0.05) is 19.1 Å². The summed E-state index contributed by atoms with van der Waals surface area (Å²) in [5.41, 5.74) is 2.54. The van der Waals surface area contributed by atoms with Crippen LogP contribution in [0, 0.1) is 6.92 Å². The standard InChI is InChI=1S/C18H26N2O/c1-4-11-19-13-17-9-10-18(21-17)14-20(5-2)16-8-6-7-15(3)12-16/h6-10,12,19H,4-5,11,13-14H2,1-3H3. The molecular formula is C18H26N2O. The van der Waals surface area contributed by atoms with Crippen LogP contribution in [0.15, 0.2) is 40.8 Å². The van der Waals surface area contributed by atoms with Gasteiger partial charge in [-0.05, 0) is 56.6 Å². The molecule has 2 aromatic rings. The highest BCUT2D eigenvalue weighted by atomic mass is 16.3. The maximum atomic E-state index is 5.91. The van der Waals surface area contributed by atoms with Gasteiger partial charge >= 0.3 is 0 Å². The van der Waals surface area contributed by atoms with Gasteiger partial charge in [0, 0.05) is 12.2 Å². The first kappa shape index (κ1) is 15.6. The van der Waals surface area contributed by atoms with E-state index in [1.54, 1.807) is 0 Å². The Labute approximate surface area is 128 Å². The average molecular weight is 286 g/mol. The van der Waals surface area contributed by atoms with Gasteiger partial charge in [0.05, 0.1) is 13.1 Å². The fraction of sp³-hybridized carbons (Fsp3) is 0.444. The molecule has 3 nitrogen and oxygen atoms in total. The molecule has 0 aliphatic rings. The van der Waals surface area contributed by atoms with Gasteiger partial charge in [-0.15, -0.1) is 0 Å². The van der Waals surface area contributed by atoms with Crippen molar-refractivity contribution < 1.29 is 4.42 Å². The second kappa shape index (κ2) is 7.89. The van der Waals surface area contributed by atoms with E-state index < -0.39 is 0 Å². The van der Waals surface area contributed by atoms with Crippen LogP contribution in [0.25, 0.3) is 0 Å². The van der Waals surface area contributed by atoms with Gasteiger partial charge in [-0.2, -0.15) is 0 Å². The number of aryl methyl sites for hydroxylation is 1. The minimum absolute atomic E-state index is 0.810. The van der Waals surface area contributed by atoms with E-state index in [1.165, 1.54) is 11.3 Å². The number of furan rings is 1. The molecule has 0 aliphatic heterocycles. The minimum Gasteiger partial charge on any atom is -0.463 e. The SMILES string of the molecule is CCCNCc1ccc(CN(CC)c2cccc(C)c2)o1. The molecule has 0 unspecified atom stereocenters. The zero-order valence-corrected chi connectivity index (χ0v) is 13.4. The molecule has 1 aromatic carbocycles. The predicted molar refractivity (Wildman–Crippen MR) is 88.6 cm³/mol. The van der Waals surface area contributed by atoms with Crippen LogP contribution in [0.4, 0.5) is 5.69 Å². The lowest BCUT2D eigenvalue weighted by Gasteiger charge is -2.22. The zero-order valence-electron chi connectivity index (χ0n) is 13.4. The van der Waals surface area contributed by atoms with Crippen LogP contribution in [0.1, 0.15) is 37.4 Å². The number of anilines is 1. The number of rotatable bonds is 8. The lowest BCUT2D eigenvalue weighted by Crippen LogP contribution is -2.21. The molecule has 0 amide bonds. The number of hydrogen-bond acceptors (Lipinski definition) is 3. The summed E-state index contributed by atoms with van der Waals surface area (Å²) in [4.78, 5) is 2.33. The molecule has 1 heterocycles. The van der Waals surface area contributed by atoms with Crippen molar-refractivity contribution in [3.8, 4) is 0 Å². The molecule has 0 fully saturated rings. The molecule has 0 aliphatic carbocycles. The van der Waals surface area contributed by atoms with E-state index in [1.807, 2.05) is 0 Å². The Hall–Kier alpha value is -1.74. The summed E-state index contributed by atoms with van der Waals surface area (Å²) in [6.45, 7) is 10.1. The van der Waals surface area contributed by atoms with Crippen molar-refractivity contribution in [2.75, 3.05) is 18.0 Å². The van der Waals surface area contributed by atoms with Crippen molar-refractivity contribution in [3.05, 3.63) is 53.5 Å². The maximum absolute atomic E-state index is 5.91. The predicted octanol–water partition coefficient (Wildman–Crippen LogP) is 4.11. The fourth-order valence-electron chi connectivity index (χ4n) is 2.39. The zero-order chi connectivity index (χ0) is 15.1. The smallest absolute Gasteiger partial charge is 0.123 e. The molecule has 114 valence electrons. The van der Waals surface area contributed by atoms with Crippen molar-refractivity contribution in [1.82, 2.24) is 5.32 Å². The molecular weight excluding hydrogens is 260 g/mol. The molecule has 2 rings (SSSR count). The summed E-state index contributed by atoms with van der Waals surface area (Å²) in [5, 5.41) is 3.36. The molecule has 0 spiro atoms. The van der Waals surface area contributed by atoms with E-state index in [4.69, 9.17) is 4.42 Å². The van der Waals surface area contributed by atoms with Crippen LogP contribution in [0.5, 0.6) is 0 Å². The summed E-state index contributed by atoms with van der Waals surface area (Å²) in [7, 11) is 0. The van der Waals surface area contributed by atoms with Crippen LogP contribution in [-0.4, -0.2) is 13.1 Å². The van der Waals surface area contributed by atoms with E-state index in [2.05, 4.69) is 67.4 Å². The number of hydrogen-bond donors (Lipinski definition) is 1. The maximum Gasteiger partial charge on any atom is 0.123 e. The van der Waals surface area contributed by atoms with Gasteiger partial charge < -0.3 is 14.6 Å². The van der Waals surface area contributed by atoms with Gasteiger partial charge in [-0.25, -0.2) is 0 Å². The molecule has 21 heavy (non-hydrogen) atoms. The molecule has 3 heteroatoms. The third-order valence-electron chi connectivity index (χ3n) is 3.54. The first-order valence-corrected chi connectivity index (χ1v) is 7.82. The summed E-state index contributed by atoms with van der Waals surface area (Å²) in [5.74, 6) is 2.03. The van der Waals surface area contributed by atoms with Crippen molar-refractivity contribution in [3.63, 3.8) is 0 Å². The molecule has 0 radical (unpaired) electrons. The minimum atomic E-state index is 0.810. The quantitative estimate of drug-likeness (QED) is 0.740. The van der Waals surface area contributed by atoms with Crippen molar-refractivity contribution >= 4 is 5.69 Å². The largest absolute Gasteiger partial charge is 0.463 e. The highest BCUT2D eigenvalue weighted by Crippen LogP contribution is 2.19. The van der Waals surface area contributed by atoms with Crippen molar-refractivity contribution in [2.24, 2.45) is 0 Å². The Balaban J connectivity index is 1.98. The van der Waals surface area contributed by atoms with E-state index in [0.29, 0.717) is 0 Å². The first-order valence-electron chi connectivity index (χ1n) is 7.82. The fourth-order valence-corrected chi connectivity index (χ4v) is 2.39. The Morgan fingerprint density at radius 1 is 1.10 bits per heavy atom. The monoisotopic (exact) mass is 286 g/mol. The lowest BCUT2D eigenvalue weighted by atomic mass is 10.2. The van der Waals surface area contributed by atoms with Crippen LogP contribution in [-0.2, 0) is 13.1 Å². The molecule has 1 aromatic heterocycles. The number of benzene rings is 1. The summed E-state index contributed by atoms with van der Waals surface area (Å²) < 4.78 is 5.91. The lowest BCUT2D eigenvalue weighted by molar-refractivity contribution is 0.444. The number of nitrogens with one attached hydrogen (secondary N) is 1. The topological polar surface area (TPSA) is 28.4 Å². The van der Waals surface area contributed by atoms with E-state index in [0.717, 1.165) is 44.1 Å². The van der Waals surface area contributed by atoms with Gasteiger partial charge in [-0.3, -0.25) is 0 Å². The second-order valence-corrected chi connectivity index (χ2v) is 5.40. The van der Waals surface area contributed by atoms with E-state index >= 15 is 0 Å². The van der Waals surface area contributed by atoms with Crippen LogP contribution in [0.2, 0.25) is 0 Å². The Morgan fingerprint density at radius 2 is 1.90 bits per heavy atom. The third-order valence-corrected chi connectivity index (χ3v) is 3.54. The number of nitrogens with zero attached hydrogens (tertiary/aromatic N) is 1. The highest BCUT2D eigenvalue weighted by Gasteiger charge is 2.09. The van der Waals surface area contributed by atoms with Crippen LogP contribution >= 0.6 is 0 Å². The molecule has 0 bridgehead atoms. The van der Waals surface area contributed by atoms with Crippen molar-refractivity contribution in [2.45, 2.75) is 40.3 Å². The summed E-state index contributed by atoms with van der Waals surface area (Å²) in [6.07, 6.45) is 1.14. The molecule has 0 saturated heterocycles. The molecule has 1 N–H and O–H groups in total. The van der Waals surface area contributed by atoms with Crippen molar-refractivity contribution in [1.29, 1.82) is 0 Å². The molecule has 0 atom stereocenters. The van der Waals surface area contributed by atoms with Gasteiger partial charge in [0.1, 0.15) is 11.5 Å². The third kappa shape index (κ3) is 4.64. The summed E-state index contributed by atoms with van der Waals surface area (Å²) in [6, 6.07) is 12.8. The summed E-state index contributed by atoms with van der Waals surface area (Å²) >= 11 is 0. The second-order valence-electron chi connectivity index (χ2n) is 5.40. The Kier molecular flexibility index (Phi) is 5.88. The van der Waals surface area contributed by atoms with Gasteiger partial charge in [0.15, 0.2) is 0 Å². The average Bonchev–Trinajstić information content (AvgIpc) is 2.92. The Bertz CT molecular complexity index is 548. The van der Waals surface area contributed by atoms with E-state index in [9.17, 15) is 0 Å². The van der Waals surface area contributed by atoms with E-state index in [-0.39, 0.29) is 0 Å². The molecule has 0 saturated carbocycles.